The topological polar surface area (TPSA) is 64.7 Å². The van der Waals surface area contributed by atoms with Gasteiger partial charge < -0.3 is 20.3 Å². The van der Waals surface area contributed by atoms with Gasteiger partial charge in [0.2, 0.25) is 0 Å². The summed E-state index contributed by atoms with van der Waals surface area (Å²) in [5.74, 6) is 0.290. The van der Waals surface area contributed by atoms with Crippen molar-refractivity contribution < 1.29 is 27.8 Å². The molecule has 19 heavy (non-hydrogen) atoms. The number of halogens is 3. The molecule has 3 N–H and O–H groups in total. The van der Waals surface area contributed by atoms with Crippen molar-refractivity contribution in [1.82, 2.24) is 0 Å². The molecule has 108 valence electrons. The van der Waals surface area contributed by atoms with Crippen molar-refractivity contribution in [1.29, 1.82) is 0 Å². The minimum Gasteiger partial charge on any atom is -0.508 e. The van der Waals surface area contributed by atoms with Crippen LogP contribution < -0.4 is 15.2 Å². The number of aromatic hydroxyl groups is 1. The summed E-state index contributed by atoms with van der Waals surface area (Å²) in [6.07, 6.45) is -5.56. The van der Waals surface area contributed by atoms with Gasteiger partial charge in [0.25, 0.3) is 0 Å². The maximum atomic E-state index is 12.2. The molecule has 0 amide bonds. The van der Waals surface area contributed by atoms with E-state index in [-0.39, 0.29) is 23.7 Å². The minimum atomic E-state index is -4.27. The molecule has 4 nitrogen and oxygen atoms in total. The van der Waals surface area contributed by atoms with Gasteiger partial charge in [-0.05, 0) is 6.42 Å². The second kappa shape index (κ2) is 6.01. The lowest BCUT2D eigenvalue weighted by Gasteiger charge is -2.19. The predicted molar refractivity (Wildman–Crippen MR) is 63.4 cm³/mol. The molecular formula is C12H16F3NO3. The summed E-state index contributed by atoms with van der Waals surface area (Å²) in [7, 11) is 2.68. The fraction of sp³-hybridized carbons (Fsp3) is 0.500. The van der Waals surface area contributed by atoms with Crippen LogP contribution in [0.25, 0.3) is 0 Å². The molecule has 0 bridgehead atoms. The van der Waals surface area contributed by atoms with E-state index in [0.717, 1.165) is 0 Å². The fourth-order valence-corrected chi connectivity index (χ4v) is 1.75. The van der Waals surface area contributed by atoms with Crippen LogP contribution in [0.2, 0.25) is 0 Å². The number of ether oxygens (including phenoxy) is 2. The van der Waals surface area contributed by atoms with Crippen molar-refractivity contribution in [2.24, 2.45) is 5.73 Å². The first-order chi connectivity index (χ1) is 8.78. The summed E-state index contributed by atoms with van der Waals surface area (Å²) in [6, 6.07) is 1.67. The van der Waals surface area contributed by atoms with Crippen LogP contribution in [0.1, 0.15) is 24.4 Å². The van der Waals surface area contributed by atoms with Crippen molar-refractivity contribution in [3.8, 4) is 17.2 Å². The number of nitrogens with two attached hydrogens (primary N) is 1. The monoisotopic (exact) mass is 279 g/mol. The molecule has 1 aromatic carbocycles. The first kappa shape index (κ1) is 15.4. The minimum absolute atomic E-state index is 0.111. The van der Waals surface area contributed by atoms with Gasteiger partial charge in [0.1, 0.15) is 17.2 Å². The van der Waals surface area contributed by atoms with Gasteiger partial charge in [-0.3, -0.25) is 0 Å². The smallest absolute Gasteiger partial charge is 0.389 e. The van der Waals surface area contributed by atoms with Gasteiger partial charge >= 0.3 is 6.18 Å². The molecule has 0 aliphatic heterocycles. The van der Waals surface area contributed by atoms with Gasteiger partial charge in [-0.25, -0.2) is 0 Å². The third-order valence-corrected chi connectivity index (χ3v) is 2.64. The van der Waals surface area contributed by atoms with Crippen molar-refractivity contribution in [3.05, 3.63) is 17.7 Å². The number of phenols is 1. The number of alkyl halides is 3. The van der Waals surface area contributed by atoms with E-state index in [1.54, 1.807) is 0 Å². The molecule has 0 saturated heterocycles. The van der Waals surface area contributed by atoms with E-state index in [9.17, 15) is 18.3 Å². The van der Waals surface area contributed by atoms with E-state index in [0.29, 0.717) is 5.56 Å². The maximum absolute atomic E-state index is 12.2. The molecule has 1 rings (SSSR count). The highest BCUT2D eigenvalue weighted by atomic mass is 19.4. The van der Waals surface area contributed by atoms with E-state index in [4.69, 9.17) is 15.2 Å². The fourth-order valence-electron chi connectivity index (χ4n) is 1.75. The summed E-state index contributed by atoms with van der Waals surface area (Å²) in [6.45, 7) is 0. The molecule has 0 radical (unpaired) electrons. The van der Waals surface area contributed by atoms with E-state index >= 15 is 0 Å². The number of rotatable bonds is 5. The van der Waals surface area contributed by atoms with Crippen molar-refractivity contribution in [3.63, 3.8) is 0 Å². The molecule has 0 saturated carbocycles. The van der Waals surface area contributed by atoms with Gasteiger partial charge in [0, 0.05) is 24.6 Å². The normalized spacial score (nSPS) is 13.2. The molecule has 0 spiro atoms. The zero-order valence-electron chi connectivity index (χ0n) is 10.6. The highest BCUT2D eigenvalue weighted by Gasteiger charge is 2.29. The second-order valence-corrected chi connectivity index (χ2v) is 4.02. The van der Waals surface area contributed by atoms with Gasteiger partial charge in [0.15, 0.2) is 0 Å². The molecule has 1 aromatic rings. The van der Waals surface area contributed by atoms with Crippen LogP contribution in [-0.2, 0) is 0 Å². The van der Waals surface area contributed by atoms with E-state index in [2.05, 4.69) is 0 Å². The van der Waals surface area contributed by atoms with Crippen molar-refractivity contribution in [2.45, 2.75) is 25.1 Å². The second-order valence-electron chi connectivity index (χ2n) is 4.02. The molecule has 0 aromatic heterocycles. The summed E-state index contributed by atoms with van der Waals surface area (Å²) in [5.41, 5.74) is 6.08. The van der Waals surface area contributed by atoms with Crippen molar-refractivity contribution in [2.75, 3.05) is 14.2 Å². The number of hydrogen-bond acceptors (Lipinski definition) is 4. The quantitative estimate of drug-likeness (QED) is 0.869. The Balaban J connectivity index is 3.03. The zero-order chi connectivity index (χ0) is 14.6. The number of benzene rings is 1. The molecule has 7 heteroatoms. The third kappa shape index (κ3) is 4.20. The standard InChI is InChI=1S/C12H16F3NO3/c1-18-9-5-7(17)6-10(19-2)11(9)8(16)3-4-12(13,14)15/h5-6,8,17H,3-4,16H2,1-2H3/t8-/m0/s1. The average Bonchev–Trinajstić information content (AvgIpc) is 2.33. The van der Waals surface area contributed by atoms with Gasteiger partial charge in [0.05, 0.1) is 19.8 Å². The van der Waals surface area contributed by atoms with E-state index < -0.39 is 18.6 Å². The van der Waals surface area contributed by atoms with Crippen LogP contribution in [-0.4, -0.2) is 25.5 Å². The Bertz CT molecular complexity index is 410. The summed E-state index contributed by atoms with van der Waals surface area (Å²) < 4.78 is 46.6. The largest absolute Gasteiger partial charge is 0.508 e. The summed E-state index contributed by atoms with van der Waals surface area (Å²) in [5, 5.41) is 9.44. The SMILES string of the molecule is COc1cc(O)cc(OC)c1[C@@H](N)CCC(F)(F)F. The first-order valence-corrected chi connectivity index (χ1v) is 5.55. The Morgan fingerprint density at radius 3 is 2.05 bits per heavy atom. The Morgan fingerprint density at radius 2 is 1.68 bits per heavy atom. The molecule has 0 unspecified atom stereocenters. The predicted octanol–water partition coefficient (Wildman–Crippen LogP) is 2.75. The molecule has 0 aliphatic rings. The number of hydrogen-bond donors (Lipinski definition) is 2. The molecule has 0 aliphatic carbocycles. The Labute approximate surface area is 108 Å². The lowest BCUT2D eigenvalue weighted by Crippen LogP contribution is -2.17. The van der Waals surface area contributed by atoms with E-state index in [1.807, 2.05) is 0 Å². The zero-order valence-corrected chi connectivity index (χ0v) is 10.6. The lowest BCUT2D eigenvalue weighted by molar-refractivity contribution is -0.136. The Kier molecular flexibility index (Phi) is 4.88. The van der Waals surface area contributed by atoms with Gasteiger partial charge in [-0.15, -0.1) is 0 Å². The Morgan fingerprint density at radius 1 is 1.21 bits per heavy atom. The lowest BCUT2D eigenvalue weighted by atomic mass is 10.00. The highest BCUT2D eigenvalue weighted by molar-refractivity contribution is 5.51. The van der Waals surface area contributed by atoms with Crippen LogP contribution in [0.15, 0.2) is 12.1 Å². The molecule has 0 heterocycles. The molecular weight excluding hydrogens is 263 g/mol. The number of phenolic OH excluding ortho intramolecular Hbond substituents is 1. The molecule has 1 atom stereocenters. The highest BCUT2D eigenvalue weighted by Crippen LogP contribution is 2.39. The average molecular weight is 279 g/mol. The van der Waals surface area contributed by atoms with E-state index in [1.165, 1.54) is 26.4 Å². The Hall–Kier alpha value is -1.63. The number of methoxy groups -OCH3 is 2. The van der Waals surface area contributed by atoms with Gasteiger partial charge in [-0.2, -0.15) is 13.2 Å². The van der Waals surface area contributed by atoms with Crippen LogP contribution >= 0.6 is 0 Å². The van der Waals surface area contributed by atoms with Crippen LogP contribution in [0.4, 0.5) is 13.2 Å². The van der Waals surface area contributed by atoms with Crippen LogP contribution in [0, 0.1) is 0 Å². The van der Waals surface area contributed by atoms with Crippen LogP contribution in [0.5, 0.6) is 17.2 Å². The molecule has 0 fully saturated rings. The third-order valence-electron chi connectivity index (χ3n) is 2.64. The van der Waals surface area contributed by atoms with Crippen molar-refractivity contribution >= 4 is 0 Å². The summed E-state index contributed by atoms with van der Waals surface area (Å²) in [4.78, 5) is 0. The maximum Gasteiger partial charge on any atom is 0.389 e. The van der Waals surface area contributed by atoms with Crippen LogP contribution in [0.3, 0.4) is 0 Å². The van der Waals surface area contributed by atoms with Gasteiger partial charge in [-0.1, -0.05) is 0 Å². The first-order valence-electron chi connectivity index (χ1n) is 5.55. The summed E-state index contributed by atoms with van der Waals surface area (Å²) >= 11 is 0.